The molecule has 4 rings (SSSR count). The summed E-state index contributed by atoms with van der Waals surface area (Å²) in [6.45, 7) is 6.77. The standard InChI is InChI=1S/C28H35ClF3N3O2/c1-20(36)6-11-27(34-12-14-37-15-13-34)35-18-25(22-4-3-5-24(29)16-22)26(19-35)33(2)17-21-7-9-23(10-8-21)28(30,31)32/h3-5,7-10,16,25-27H,6,11-15,17-19H2,1-2H3/t25-,26-,27?/m1/s1. The van der Waals surface area contributed by atoms with Crippen LogP contribution in [0.5, 0.6) is 0 Å². The lowest BCUT2D eigenvalue weighted by molar-refractivity contribution is -0.137. The number of halogens is 4. The fourth-order valence-electron chi connectivity index (χ4n) is 5.58. The second-order valence-corrected chi connectivity index (χ2v) is 10.6. The van der Waals surface area contributed by atoms with Crippen LogP contribution in [0.1, 0.15) is 42.4 Å². The second-order valence-electron chi connectivity index (χ2n) is 10.2. The third kappa shape index (κ3) is 7.33. The summed E-state index contributed by atoms with van der Waals surface area (Å²) in [5.74, 6) is 0.346. The van der Waals surface area contributed by atoms with Crippen LogP contribution < -0.4 is 0 Å². The number of alkyl halides is 3. The largest absolute Gasteiger partial charge is 0.416 e. The Bertz CT molecular complexity index is 1040. The molecule has 5 nitrogen and oxygen atoms in total. The van der Waals surface area contributed by atoms with Gasteiger partial charge in [-0.2, -0.15) is 13.2 Å². The van der Waals surface area contributed by atoms with E-state index in [0.29, 0.717) is 31.2 Å². The summed E-state index contributed by atoms with van der Waals surface area (Å²) in [5, 5.41) is 0.682. The highest BCUT2D eigenvalue weighted by atomic mass is 35.5. The molecular weight excluding hydrogens is 503 g/mol. The topological polar surface area (TPSA) is 36.0 Å². The number of carbonyl (C=O) groups excluding carboxylic acids is 1. The van der Waals surface area contributed by atoms with Crippen LogP contribution in [0.25, 0.3) is 0 Å². The first kappa shape index (κ1) is 28.0. The van der Waals surface area contributed by atoms with Crippen LogP contribution >= 0.6 is 11.6 Å². The van der Waals surface area contributed by atoms with Gasteiger partial charge >= 0.3 is 6.18 Å². The fourth-order valence-corrected chi connectivity index (χ4v) is 5.78. The number of nitrogens with zero attached hydrogens (tertiary/aromatic N) is 3. The molecule has 9 heteroatoms. The van der Waals surface area contributed by atoms with E-state index in [0.717, 1.165) is 55.9 Å². The second kappa shape index (κ2) is 12.3. The van der Waals surface area contributed by atoms with E-state index >= 15 is 0 Å². The van der Waals surface area contributed by atoms with Crippen molar-refractivity contribution < 1.29 is 22.7 Å². The van der Waals surface area contributed by atoms with Crippen molar-refractivity contribution >= 4 is 17.4 Å². The number of rotatable bonds is 9. The number of hydrogen-bond donors (Lipinski definition) is 0. The molecule has 2 aliphatic heterocycles. The van der Waals surface area contributed by atoms with Crippen LogP contribution in [0.2, 0.25) is 5.02 Å². The lowest BCUT2D eigenvalue weighted by Gasteiger charge is -2.40. The Morgan fingerprint density at radius 1 is 1.11 bits per heavy atom. The van der Waals surface area contributed by atoms with Gasteiger partial charge in [0.2, 0.25) is 0 Å². The Balaban J connectivity index is 1.57. The first-order chi connectivity index (χ1) is 17.6. The van der Waals surface area contributed by atoms with Crippen molar-refractivity contribution in [3.8, 4) is 0 Å². The molecule has 0 radical (unpaired) electrons. The summed E-state index contributed by atoms with van der Waals surface area (Å²) in [7, 11) is 2.03. The van der Waals surface area contributed by atoms with Crippen LogP contribution in [0.4, 0.5) is 13.2 Å². The van der Waals surface area contributed by atoms with Crippen molar-refractivity contribution in [2.45, 2.75) is 50.6 Å². The average molecular weight is 538 g/mol. The van der Waals surface area contributed by atoms with Crippen molar-refractivity contribution in [3.05, 3.63) is 70.2 Å². The molecule has 2 heterocycles. The van der Waals surface area contributed by atoms with Crippen LogP contribution in [0, 0.1) is 0 Å². The van der Waals surface area contributed by atoms with E-state index in [4.69, 9.17) is 16.3 Å². The summed E-state index contributed by atoms with van der Waals surface area (Å²) in [4.78, 5) is 19.0. The molecule has 37 heavy (non-hydrogen) atoms. The molecule has 0 spiro atoms. The highest BCUT2D eigenvalue weighted by Gasteiger charge is 2.41. The van der Waals surface area contributed by atoms with Crippen molar-refractivity contribution in [1.29, 1.82) is 0 Å². The van der Waals surface area contributed by atoms with E-state index < -0.39 is 11.7 Å². The molecule has 0 amide bonds. The normalized spacial score (nSPS) is 22.5. The first-order valence-corrected chi connectivity index (χ1v) is 13.2. The fraction of sp³-hybridized carbons (Fsp3) is 0.536. The number of likely N-dealkylation sites (tertiary alicyclic amines) is 1. The van der Waals surface area contributed by atoms with Gasteiger partial charge in [0.25, 0.3) is 0 Å². The number of ether oxygens (including phenoxy) is 1. The molecule has 2 saturated heterocycles. The van der Waals surface area contributed by atoms with E-state index in [2.05, 4.69) is 20.8 Å². The number of ketones is 1. The summed E-state index contributed by atoms with van der Waals surface area (Å²) in [6.07, 6.45) is -2.94. The zero-order chi connectivity index (χ0) is 26.6. The maximum Gasteiger partial charge on any atom is 0.416 e. The summed E-state index contributed by atoms with van der Waals surface area (Å²) >= 11 is 6.36. The minimum Gasteiger partial charge on any atom is -0.379 e. The molecule has 1 unspecified atom stereocenters. The van der Waals surface area contributed by atoms with Crippen LogP contribution in [0.15, 0.2) is 48.5 Å². The Hall–Kier alpha value is -1.97. The average Bonchev–Trinajstić information content (AvgIpc) is 3.30. The van der Waals surface area contributed by atoms with Crippen molar-refractivity contribution in [2.75, 3.05) is 46.4 Å². The molecule has 2 aromatic rings. The summed E-state index contributed by atoms with van der Waals surface area (Å²) < 4.78 is 44.7. The van der Waals surface area contributed by atoms with Gasteiger partial charge in [0.05, 0.1) is 24.9 Å². The molecule has 2 fully saturated rings. The third-order valence-corrected chi connectivity index (χ3v) is 7.75. The SMILES string of the molecule is CC(=O)CCC(N1CCOCC1)N1C[C@H](c2cccc(Cl)c2)[C@H](N(C)Cc2ccc(C(F)(F)F)cc2)C1. The van der Waals surface area contributed by atoms with Crippen LogP contribution in [-0.2, 0) is 22.3 Å². The molecule has 2 aromatic carbocycles. The van der Waals surface area contributed by atoms with Gasteiger partial charge in [0.15, 0.2) is 0 Å². The smallest absolute Gasteiger partial charge is 0.379 e. The number of morpholine rings is 1. The molecule has 0 N–H and O–H groups in total. The molecule has 0 saturated carbocycles. The predicted molar refractivity (Wildman–Crippen MR) is 139 cm³/mol. The quantitative estimate of drug-likeness (QED) is 0.434. The molecule has 2 aliphatic rings. The lowest BCUT2D eigenvalue weighted by Crippen LogP contribution is -2.52. The third-order valence-electron chi connectivity index (χ3n) is 7.52. The van der Waals surface area contributed by atoms with Crippen molar-refractivity contribution in [1.82, 2.24) is 14.7 Å². The van der Waals surface area contributed by atoms with Gasteiger partial charge in [-0.3, -0.25) is 14.7 Å². The van der Waals surface area contributed by atoms with Crippen LogP contribution in [-0.4, -0.2) is 79.1 Å². The zero-order valence-electron chi connectivity index (χ0n) is 21.4. The number of benzene rings is 2. The minimum atomic E-state index is -4.34. The summed E-state index contributed by atoms with van der Waals surface area (Å²) in [5.41, 5.74) is 1.34. The minimum absolute atomic E-state index is 0.124. The van der Waals surface area contributed by atoms with E-state index in [9.17, 15) is 18.0 Å². The highest BCUT2D eigenvalue weighted by Crippen LogP contribution is 2.35. The Morgan fingerprint density at radius 2 is 1.81 bits per heavy atom. The number of likely N-dealkylation sites (N-methyl/N-ethyl adjacent to an activating group) is 1. The number of hydrogen-bond acceptors (Lipinski definition) is 5. The number of Topliss-reactive ketones (excluding diaryl/α,β-unsaturated/α-hetero) is 1. The monoisotopic (exact) mass is 537 g/mol. The first-order valence-electron chi connectivity index (χ1n) is 12.8. The van der Waals surface area contributed by atoms with Gasteiger partial charge in [0, 0.05) is 56.1 Å². The van der Waals surface area contributed by atoms with Crippen LogP contribution in [0.3, 0.4) is 0 Å². The molecule has 3 atom stereocenters. The zero-order valence-corrected chi connectivity index (χ0v) is 22.1. The van der Waals surface area contributed by atoms with E-state index in [1.165, 1.54) is 0 Å². The van der Waals surface area contributed by atoms with Gasteiger partial charge in [-0.05, 0) is 55.8 Å². The van der Waals surface area contributed by atoms with Crippen molar-refractivity contribution in [3.63, 3.8) is 0 Å². The van der Waals surface area contributed by atoms with E-state index in [1.54, 1.807) is 19.1 Å². The molecular formula is C28H35ClF3N3O2. The van der Waals surface area contributed by atoms with Gasteiger partial charge < -0.3 is 9.53 Å². The molecule has 0 aliphatic carbocycles. The van der Waals surface area contributed by atoms with Gasteiger partial charge in [-0.25, -0.2) is 0 Å². The Morgan fingerprint density at radius 3 is 2.43 bits per heavy atom. The summed E-state index contributed by atoms with van der Waals surface area (Å²) in [6, 6.07) is 13.5. The molecule has 202 valence electrons. The molecule has 0 bridgehead atoms. The van der Waals surface area contributed by atoms with Crippen molar-refractivity contribution in [2.24, 2.45) is 0 Å². The Kier molecular flexibility index (Phi) is 9.29. The van der Waals surface area contributed by atoms with E-state index in [-0.39, 0.29) is 23.9 Å². The van der Waals surface area contributed by atoms with Gasteiger partial charge in [-0.15, -0.1) is 0 Å². The maximum atomic E-state index is 13.0. The predicted octanol–water partition coefficient (Wildman–Crippen LogP) is 5.29. The maximum absolute atomic E-state index is 13.0. The number of carbonyl (C=O) groups is 1. The Labute approximate surface area is 222 Å². The molecule has 0 aromatic heterocycles. The van der Waals surface area contributed by atoms with E-state index in [1.807, 2.05) is 25.2 Å². The lowest BCUT2D eigenvalue weighted by atomic mass is 9.93. The van der Waals surface area contributed by atoms with Gasteiger partial charge in [-0.1, -0.05) is 35.9 Å². The highest BCUT2D eigenvalue weighted by molar-refractivity contribution is 6.30. The van der Waals surface area contributed by atoms with Gasteiger partial charge in [0.1, 0.15) is 5.78 Å².